The highest BCUT2D eigenvalue weighted by Gasteiger charge is 2.12. The molecule has 0 saturated heterocycles. The van der Waals surface area contributed by atoms with E-state index >= 15 is 0 Å². The van der Waals surface area contributed by atoms with Crippen LogP contribution < -0.4 is 10.3 Å². The predicted molar refractivity (Wildman–Crippen MR) is 93.5 cm³/mol. The minimum absolute atomic E-state index is 0.0429. The lowest BCUT2D eigenvalue weighted by atomic mass is 10.1. The Bertz CT molecular complexity index is 867. The van der Waals surface area contributed by atoms with Gasteiger partial charge in [0.25, 0.3) is 5.91 Å². The molecule has 0 aliphatic rings. The van der Waals surface area contributed by atoms with Crippen molar-refractivity contribution in [3.63, 3.8) is 0 Å². The molecule has 2 rings (SSSR count). The zero-order valence-corrected chi connectivity index (χ0v) is 14.4. The van der Waals surface area contributed by atoms with Gasteiger partial charge in [0.2, 0.25) is 0 Å². The molecule has 0 aliphatic carbocycles. The lowest BCUT2D eigenvalue weighted by molar-refractivity contribution is 0.0600. The van der Waals surface area contributed by atoms with E-state index in [9.17, 15) is 18.4 Å². The van der Waals surface area contributed by atoms with Gasteiger partial charge in [-0.3, -0.25) is 4.79 Å². The molecule has 2 aromatic carbocycles. The number of esters is 1. The first-order valence-electron chi connectivity index (χ1n) is 7.51. The summed E-state index contributed by atoms with van der Waals surface area (Å²) in [5, 5.41) is 3.61. The Balaban J connectivity index is 2.08. The number of hydrogen-bond acceptors (Lipinski definition) is 5. The second-order valence-electron chi connectivity index (χ2n) is 5.49. The number of nitrogens with zero attached hydrogens (tertiary/aromatic N) is 2. The number of rotatable bonds is 5. The second kappa shape index (κ2) is 8.19. The van der Waals surface area contributed by atoms with Gasteiger partial charge in [-0.1, -0.05) is 0 Å². The van der Waals surface area contributed by atoms with Crippen molar-refractivity contribution in [1.29, 1.82) is 0 Å². The molecule has 0 aromatic heterocycles. The SMILES string of the molecule is COC(=O)c1ccc(/C=N/NC(=O)c2ccc(N(C)C)cc2F)c(F)c1. The summed E-state index contributed by atoms with van der Waals surface area (Å²) in [6.45, 7) is 0. The Morgan fingerprint density at radius 1 is 1.12 bits per heavy atom. The zero-order valence-electron chi connectivity index (χ0n) is 14.4. The molecule has 0 bridgehead atoms. The monoisotopic (exact) mass is 361 g/mol. The van der Waals surface area contributed by atoms with E-state index in [1.54, 1.807) is 25.1 Å². The number of anilines is 1. The molecule has 8 heteroatoms. The Hall–Kier alpha value is -3.29. The van der Waals surface area contributed by atoms with Gasteiger partial charge in [0, 0.05) is 25.3 Å². The molecule has 6 nitrogen and oxygen atoms in total. The highest BCUT2D eigenvalue weighted by Crippen LogP contribution is 2.16. The van der Waals surface area contributed by atoms with Crippen molar-refractivity contribution in [3.05, 3.63) is 64.7 Å². The summed E-state index contributed by atoms with van der Waals surface area (Å²) in [4.78, 5) is 25.0. The molecular weight excluding hydrogens is 344 g/mol. The van der Waals surface area contributed by atoms with Crippen LogP contribution in [0.3, 0.4) is 0 Å². The Morgan fingerprint density at radius 2 is 1.85 bits per heavy atom. The number of benzene rings is 2. The summed E-state index contributed by atoms with van der Waals surface area (Å²) in [5.74, 6) is -2.85. The predicted octanol–water partition coefficient (Wildman–Crippen LogP) is 2.58. The third-order valence-electron chi connectivity index (χ3n) is 3.50. The molecular formula is C18H17F2N3O3. The minimum atomic E-state index is -0.768. The van der Waals surface area contributed by atoms with E-state index < -0.39 is 23.5 Å². The van der Waals surface area contributed by atoms with Gasteiger partial charge >= 0.3 is 5.97 Å². The van der Waals surface area contributed by atoms with E-state index in [0.717, 1.165) is 12.3 Å². The normalized spacial score (nSPS) is 10.7. The largest absolute Gasteiger partial charge is 0.465 e. The average molecular weight is 361 g/mol. The van der Waals surface area contributed by atoms with E-state index in [1.807, 2.05) is 0 Å². The maximum absolute atomic E-state index is 14.0. The summed E-state index contributed by atoms with van der Waals surface area (Å²) in [5.41, 5.74) is 2.65. The van der Waals surface area contributed by atoms with Crippen LogP contribution in [0.25, 0.3) is 0 Å². The van der Waals surface area contributed by atoms with Crippen molar-refractivity contribution < 1.29 is 23.1 Å². The van der Waals surface area contributed by atoms with Gasteiger partial charge in [-0.05, 0) is 36.4 Å². The molecule has 26 heavy (non-hydrogen) atoms. The Kier molecular flexibility index (Phi) is 6.00. The van der Waals surface area contributed by atoms with Crippen LogP contribution in [0.15, 0.2) is 41.5 Å². The van der Waals surface area contributed by atoms with Crippen LogP contribution >= 0.6 is 0 Å². The molecule has 1 amide bonds. The fraction of sp³-hybridized carbons (Fsp3) is 0.167. The van der Waals surface area contributed by atoms with Crippen molar-refractivity contribution >= 4 is 23.8 Å². The second-order valence-corrected chi connectivity index (χ2v) is 5.49. The van der Waals surface area contributed by atoms with Crippen LogP contribution in [0.4, 0.5) is 14.5 Å². The van der Waals surface area contributed by atoms with Gasteiger partial charge in [-0.2, -0.15) is 5.10 Å². The first kappa shape index (κ1) is 19.0. The van der Waals surface area contributed by atoms with Crippen LogP contribution in [0.1, 0.15) is 26.3 Å². The lowest BCUT2D eigenvalue weighted by Crippen LogP contribution is -2.19. The highest BCUT2D eigenvalue weighted by molar-refractivity contribution is 5.95. The van der Waals surface area contributed by atoms with Crippen molar-refractivity contribution in [2.24, 2.45) is 5.10 Å². The van der Waals surface area contributed by atoms with Gasteiger partial charge in [-0.15, -0.1) is 0 Å². The van der Waals surface area contributed by atoms with Gasteiger partial charge in [0.1, 0.15) is 11.6 Å². The average Bonchev–Trinajstić information content (AvgIpc) is 2.61. The number of ether oxygens (including phenoxy) is 1. The summed E-state index contributed by atoms with van der Waals surface area (Å²) in [7, 11) is 4.69. The number of methoxy groups -OCH3 is 1. The number of carbonyl (C=O) groups excluding carboxylic acids is 2. The summed E-state index contributed by atoms with van der Waals surface area (Å²) in [6, 6.07) is 7.81. The van der Waals surface area contributed by atoms with Crippen molar-refractivity contribution in [3.8, 4) is 0 Å². The lowest BCUT2D eigenvalue weighted by Gasteiger charge is -2.13. The summed E-state index contributed by atoms with van der Waals surface area (Å²) in [6.07, 6.45) is 1.06. The molecule has 0 spiro atoms. The topological polar surface area (TPSA) is 71.0 Å². The fourth-order valence-electron chi connectivity index (χ4n) is 2.06. The number of halogens is 2. The van der Waals surface area contributed by atoms with Crippen LogP contribution in [0.2, 0.25) is 0 Å². The third kappa shape index (κ3) is 4.41. The minimum Gasteiger partial charge on any atom is -0.465 e. The molecule has 2 aromatic rings. The van der Waals surface area contributed by atoms with Gasteiger partial charge in [0.15, 0.2) is 0 Å². The quantitative estimate of drug-likeness (QED) is 0.505. The molecule has 1 N–H and O–H groups in total. The third-order valence-corrected chi connectivity index (χ3v) is 3.50. The maximum Gasteiger partial charge on any atom is 0.337 e. The number of amides is 1. The molecule has 0 aliphatic heterocycles. The van der Waals surface area contributed by atoms with E-state index in [1.165, 1.54) is 31.4 Å². The van der Waals surface area contributed by atoms with Crippen LogP contribution in [0.5, 0.6) is 0 Å². The van der Waals surface area contributed by atoms with Crippen LogP contribution in [-0.4, -0.2) is 39.3 Å². The van der Waals surface area contributed by atoms with E-state index in [-0.39, 0.29) is 16.7 Å². The first-order valence-corrected chi connectivity index (χ1v) is 7.51. The van der Waals surface area contributed by atoms with E-state index in [2.05, 4.69) is 15.3 Å². The molecule has 0 unspecified atom stereocenters. The van der Waals surface area contributed by atoms with Crippen molar-refractivity contribution in [2.75, 3.05) is 26.1 Å². The van der Waals surface area contributed by atoms with E-state index in [0.29, 0.717) is 5.69 Å². The highest BCUT2D eigenvalue weighted by atomic mass is 19.1. The van der Waals surface area contributed by atoms with Gasteiger partial charge in [-0.25, -0.2) is 19.0 Å². The Morgan fingerprint density at radius 3 is 2.42 bits per heavy atom. The molecule has 0 fully saturated rings. The fourth-order valence-corrected chi connectivity index (χ4v) is 2.06. The first-order chi connectivity index (χ1) is 12.3. The smallest absolute Gasteiger partial charge is 0.337 e. The number of carbonyl (C=O) groups is 2. The standard InChI is InChI=1S/C18H17F2N3O3/c1-23(2)13-6-7-14(16(20)9-13)17(24)22-21-10-12-5-4-11(8-15(12)19)18(25)26-3/h4-10H,1-3H3,(H,22,24)/b21-10+. The Labute approximate surface area is 149 Å². The number of nitrogens with one attached hydrogen (secondary N) is 1. The molecule has 0 radical (unpaired) electrons. The van der Waals surface area contributed by atoms with Gasteiger partial charge in [0.05, 0.1) is 24.5 Å². The maximum atomic E-state index is 14.0. The van der Waals surface area contributed by atoms with Gasteiger partial charge < -0.3 is 9.64 Å². The molecule has 0 heterocycles. The summed E-state index contributed by atoms with van der Waals surface area (Å²) < 4.78 is 32.4. The van der Waals surface area contributed by atoms with Crippen LogP contribution in [-0.2, 0) is 4.74 Å². The van der Waals surface area contributed by atoms with E-state index in [4.69, 9.17) is 0 Å². The molecule has 0 atom stereocenters. The summed E-state index contributed by atoms with van der Waals surface area (Å²) >= 11 is 0. The van der Waals surface area contributed by atoms with Crippen LogP contribution in [0, 0.1) is 11.6 Å². The zero-order chi connectivity index (χ0) is 19.3. The molecule has 136 valence electrons. The molecule has 0 saturated carbocycles. The number of hydrogen-bond donors (Lipinski definition) is 1. The number of hydrazone groups is 1. The van der Waals surface area contributed by atoms with Crippen molar-refractivity contribution in [2.45, 2.75) is 0 Å². The van der Waals surface area contributed by atoms with Crippen molar-refractivity contribution in [1.82, 2.24) is 5.43 Å².